The third-order valence-corrected chi connectivity index (χ3v) is 5.44. The van der Waals surface area contributed by atoms with Gasteiger partial charge in [0.05, 0.1) is 33.5 Å². The summed E-state index contributed by atoms with van der Waals surface area (Å²) < 4.78 is 21.9. The van der Waals surface area contributed by atoms with Crippen molar-refractivity contribution in [3.8, 4) is 23.0 Å². The topological polar surface area (TPSA) is 97.6 Å². The molecule has 2 aromatic carbocycles. The SMILES string of the molecule is COc1ccc([C@H]2OC[C@]3(O)[C@@H](c4ccc(OC)c(O)c4)OC[C@H]23)cc1O. The molecule has 0 radical (unpaired) electrons. The van der Waals surface area contributed by atoms with Gasteiger partial charge >= 0.3 is 0 Å². The molecule has 0 spiro atoms. The van der Waals surface area contributed by atoms with Crippen molar-refractivity contribution >= 4 is 0 Å². The fourth-order valence-electron chi connectivity index (χ4n) is 4.02. The minimum Gasteiger partial charge on any atom is -0.504 e. The van der Waals surface area contributed by atoms with Gasteiger partial charge in [0.1, 0.15) is 11.7 Å². The Labute approximate surface area is 156 Å². The van der Waals surface area contributed by atoms with Crippen LogP contribution in [0.3, 0.4) is 0 Å². The molecule has 2 aliphatic rings. The van der Waals surface area contributed by atoms with E-state index in [0.717, 1.165) is 5.56 Å². The number of rotatable bonds is 4. The molecule has 4 rings (SSSR count). The lowest BCUT2D eigenvalue weighted by atomic mass is 9.81. The molecule has 3 N–H and O–H groups in total. The number of phenolic OH excluding ortho intramolecular Hbond substituents is 2. The van der Waals surface area contributed by atoms with Crippen molar-refractivity contribution in [1.29, 1.82) is 0 Å². The molecule has 0 aromatic heterocycles. The summed E-state index contributed by atoms with van der Waals surface area (Å²) in [5.41, 5.74) is 0.164. The molecule has 27 heavy (non-hydrogen) atoms. The monoisotopic (exact) mass is 374 g/mol. The third kappa shape index (κ3) is 2.79. The number of fused-ring (bicyclic) bond motifs is 1. The smallest absolute Gasteiger partial charge is 0.160 e. The standard InChI is InChI=1S/C20H22O7/c1-24-16-5-3-11(7-14(16)21)18-13-9-26-19(20(13,23)10-27-18)12-4-6-17(25-2)15(22)8-12/h3-8,13,18-19,21-23H,9-10H2,1-2H3/t13-,18-,19-,20-/m1/s1. The van der Waals surface area contributed by atoms with Gasteiger partial charge in [-0.1, -0.05) is 12.1 Å². The zero-order valence-electron chi connectivity index (χ0n) is 15.1. The Morgan fingerprint density at radius 3 is 2.11 bits per heavy atom. The minimum atomic E-state index is -1.23. The number of phenols is 2. The van der Waals surface area contributed by atoms with Crippen LogP contribution in [0, 0.1) is 5.92 Å². The van der Waals surface area contributed by atoms with E-state index in [0.29, 0.717) is 23.7 Å². The number of methoxy groups -OCH3 is 2. The molecule has 0 saturated carbocycles. The Kier molecular flexibility index (Phi) is 4.38. The van der Waals surface area contributed by atoms with Gasteiger partial charge in [0, 0.05) is 5.92 Å². The zero-order valence-corrected chi connectivity index (χ0v) is 15.1. The highest BCUT2D eigenvalue weighted by Crippen LogP contribution is 2.53. The summed E-state index contributed by atoms with van der Waals surface area (Å²) in [6.07, 6.45) is -1.04. The Hall–Kier alpha value is -2.48. The Bertz CT molecular complexity index is 852. The fraction of sp³-hybridized carbons (Fsp3) is 0.400. The summed E-state index contributed by atoms with van der Waals surface area (Å²) in [4.78, 5) is 0. The number of aromatic hydroxyl groups is 2. The van der Waals surface area contributed by atoms with Gasteiger partial charge in [-0.2, -0.15) is 0 Å². The molecule has 2 saturated heterocycles. The van der Waals surface area contributed by atoms with Crippen molar-refractivity contribution in [3.63, 3.8) is 0 Å². The molecule has 144 valence electrons. The van der Waals surface area contributed by atoms with Crippen LogP contribution >= 0.6 is 0 Å². The molecule has 2 aliphatic heterocycles. The first-order chi connectivity index (χ1) is 13.0. The van der Waals surface area contributed by atoms with Gasteiger partial charge in [-0.15, -0.1) is 0 Å². The number of aliphatic hydroxyl groups is 1. The molecular formula is C20H22O7. The lowest BCUT2D eigenvalue weighted by Gasteiger charge is -2.27. The van der Waals surface area contributed by atoms with Crippen LogP contribution in [-0.2, 0) is 9.47 Å². The lowest BCUT2D eigenvalue weighted by Crippen LogP contribution is -2.39. The maximum absolute atomic E-state index is 11.3. The lowest BCUT2D eigenvalue weighted by molar-refractivity contribution is -0.0628. The highest BCUT2D eigenvalue weighted by atomic mass is 16.6. The van der Waals surface area contributed by atoms with E-state index in [4.69, 9.17) is 18.9 Å². The summed E-state index contributed by atoms with van der Waals surface area (Å²) in [6.45, 7) is 0.387. The van der Waals surface area contributed by atoms with E-state index in [-0.39, 0.29) is 24.0 Å². The van der Waals surface area contributed by atoms with Crippen LogP contribution in [0.4, 0.5) is 0 Å². The third-order valence-electron chi connectivity index (χ3n) is 5.44. The summed E-state index contributed by atoms with van der Waals surface area (Å²) in [7, 11) is 2.96. The van der Waals surface area contributed by atoms with E-state index in [9.17, 15) is 15.3 Å². The average molecular weight is 374 g/mol. The van der Waals surface area contributed by atoms with Crippen LogP contribution in [-0.4, -0.2) is 48.4 Å². The van der Waals surface area contributed by atoms with Crippen LogP contribution in [0.2, 0.25) is 0 Å². The molecule has 0 bridgehead atoms. The zero-order chi connectivity index (χ0) is 19.2. The minimum absolute atomic E-state index is 0.0128. The molecule has 2 fully saturated rings. The van der Waals surface area contributed by atoms with Crippen molar-refractivity contribution < 1.29 is 34.3 Å². The molecule has 0 amide bonds. The number of ether oxygens (including phenoxy) is 4. The fourth-order valence-corrected chi connectivity index (χ4v) is 4.02. The molecule has 7 nitrogen and oxygen atoms in total. The van der Waals surface area contributed by atoms with Gasteiger partial charge in [-0.25, -0.2) is 0 Å². The number of hydrogen-bond donors (Lipinski definition) is 3. The predicted molar refractivity (Wildman–Crippen MR) is 95.1 cm³/mol. The van der Waals surface area contributed by atoms with Crippen LogP contribution in [0.1, 0.15) is 23.3 Å². The van der Waals surface area contributed by atoms with Crippen LogP contribution in [0.25, 0.3) is 0 Å². The van der Waals surface area contributed by atoms with Crippen LogP contribution in [0.15, 0.2) is 36.4 Å². The average Bonchev–Trinajstić information content (AvgIpc) is 3.16. The molecule has 0 aliphatic carbocycles. The Morgan fingerprint density at radius 1 is 0.926 bits per heavy atom. The predicted octanol–water partition coefficient (Wildman–Crippen LogP) is 2.31. The number of hydrogen-bond acceptors (Lipinski definition) is 7. The summed E-state index contributed by atoms with van der Waals surface area (Å²) >= 11 is 0. The second-order valence-electron chi connectivity index (χ2n) is 6.91. The van der Waals surface area contributed by atoms with Crippen molar-refractivity contribution in [2.24, 2.45) is 5.92 Å². The van der Waals surface area contributed by atoms with E-state index in [1.165, 1.54) is 20.3 Å². The van der Waals surface area contributed by atoms with Gasteiger partial charge in [0.25, 0.3) is 0 Å². The molecule has 2 heterocycles. The van der Waals surface area contributed by atoms with Crippen LogP contribution < -0.4 is 9.47 Å². The molecule has 0 unspecified atom stereocenters. The van der Waals surface area contributed by atoms with Gasteiger partial charge in [-0.3, -0.25) is 0 Å². The Balaban J connectivity index is 1.62. The highest BCUT2D eigenvalue weighted by molar-refractivity contribution is 5.45. The van der Waals surface area contributed by atoms with E-state index < -0.39 is 17.8 Å². The van der Waals surface area contributed by atoms with E-state index in [1.807, 2.05) is 6.07 Å². The van der Waals surface area contributed by atoms with Crippen molar-refractivity contribution in [2.75, 3.05) is 27.4 Å². The molecule has 7 heteroatoms. The summed E-state index contributed by atoms with van der Waals surface area (Å²) in [5, 5.41) is 31.4. The molecule has 4 atom stereocenters. The summed E-state index contributed by atoms with van der Waals surface area (Å²) in [5.74, 6) is 0.432. The first-order valence-electron chi connectivity index (χ1n) is 8.67. The van der Waals surface area contributed by atoms with Crippen LogP contribution in [0.5, 0.6) is 23.0 Å². The maximum Gasteiger partial charge on any atom is 0.160 e. The van der Waals surface area contributed by atoms with Crippen molar-refractivity contribution in [1.82, 2.24) is 0 Å². The normalized spacial score (nSPS) is 29.5. The van der Waals surface area contributed by atoms with Gasteiger partial charge in [-0.05, 0) is 35.4 Å². The quantitative estimate of drug-likeness (QED) is 0.755. The summed E-state index contributed by atoms with van der Waals surface area (Å²) in [6, 6.07) is 10.00. The maximum atomic E-state index is 11.3. The first-order valence-corrected chi connectivity index (χ1v) is 8.67. The Morgan fingerprint density at radius 2 is 1.52 bits per heavy atom. The second-order valence-corrected chi connectivity index (χ2v) is 6.91. The largest absolute Gasteiger partial charge is 0.504 e. The second kappa shape index (κ2) is 6.60. The highest BCUT2D eigenvalue weighted by Gasteiger charge is 2.59. The molecular weight excluding hydrogens is 352 g/mol. The van der Waals surface area contributed by atoms with Gasteiger partial charge in [0.15, 0.2) is 23.0 Å². The number of benzene rings is 2. The first kappa shape index (κ1) is 17.9. The van der Waals surface area contributed by atoms with Crippen molar-refractivity contribution in [3.05, 3.63) is 47.5 Å². The molecule has 2 aromatic rings. The van der Waals surface area contributed by atoms with Gasteiger partial charge < -0.3 is 34.3 Å². The van der Waals surface area contributed by atoms with Crippen molar-refractivity contribution in [2.45, 2.75) is 17.8 Å². The van der Waals surface area contributed by atoms with Gasteiger partial charge in [0.2, 0.25) is 0 Å². The van der Waals surface area contributed by atoms with E-state index in [2.05, 4.69) is 0 Å². The van der Waals surface area contributed by atoms with E-state index in [1.54, 1.807) is 24.3 Å². The van der Waals surface area contributed by atoms with E-state index >= 15 is 0 Å².